The van der Waals surface area contributed by atoms with Crippen molar-refractivity contribution < 1.29 is 17.9 Å². The number of ether oxygens (including phenoxy) is 1. The number of nitrogens with zero attached hydrogens (tertiary/aromatic N) is 2. The minimum absolute atomic E-state index is 0.0605. The summed E-state index contributed by atoms with van der Waals surface area (Å²) in [6, 6.07) is 20.4. The Hall–Kier alpha value is -3.23. The molecular weight excluding hydrogens is 498 g/mol. The van der Waals surface area contributed by atoms with Crippen LogP contribution in [0.4, 0.5) is 11.4 Å². The molecule has 1 atom stereocenters. The molecule has 0 bridgehead atoms. The van der Waals surface area contributed by atoms with Crippen molar-refractivity contribution in [3.05, 3.63) is 83.4 Å². The first-order valence-corrected chi connectivity index (χ1v) is 13.7. The third-order valence-corrected chi connectivity index (χ3v) is 8.28. The van der Waals surface area contributed by atoms with E-state index in [2.05, 4.69) is 22.3 Å². The average Bonchev–Trinajstić information content (AvgIpc) is 3.43. The quantitative estimate of drug-likeness (QED) is 0.422. The maximum atomic E-state index is 13.6. The summed E-state index contributed by atoms with van der Waals surface area (Å²) in [7, 11) is -2.65. The van der Waals surface area contributed by atoms with Gasteiger partial charge < -0.3 is 15.0 Å². The normalized spacial score (nSPS) is 14.4. The number of hydrogen-bond acceptors (Lipinski definition) is 5. The van der Waals surface area contributed by atoms with Crippen LogP contribution in [0.5, 0.6) is 5.75 Å². The summed E-state index contributed by atoms with van der Waals surface area (Å²) >= 11 is 6.19. The third kappa shape index (κ3) is 5.77. The summed E-state index contributed by atoms with van der Waals surface area (Å²) in [6.07, 6.45) is 2.40. The van der Waals surface area contributed by atoms with Crippen LogP contribution in [-0.4, -0.2) is 41.1 Å². The zero-order valence-corrected chi connectivity index (χ0v) is 21.9. The first kappa shape index (κ1) is 25.9. The smallest absolute Gasteiger partial charge is 0.264 e. The first-order valence-electron chi connectivity index (χ1n) is 11.8. The first-order chi connectivity index (χ1) is 17.3. The molecule has 9 heteroatoms. The second kappa shape index (κ2) is 11.2. The second-order valence-corrected chi connectivity index (χ2v) is 11.0. The van der Waals surface area contributed by atoms with Crippen molar-refractivity contribution in [2.45, 2.75) is 30.7 Å². The highest BCUT2D eigenvalue weighted by molar-refractivity contribution is 7.92. The van der Waals surface area contributed by atoms with Crippen LogP contribution in [0.15, 0.2) is 77.7 Å². The minimum Gasteiger partial charge on any atom is -0.495 e. The van der Waals surface area contributed by atoms with Crippen LogP contribution in [-0.2, 0) is 14.8 Å². The summed E-state index contributed by atoms with van der Waals surface area (Å²) in [5.74, 6) is -0.162. The zero-order chi connectivity index (χ0) is 25.7. The van der Waals surface area contributed by atoms with E-state index in [4.69, 9.17) is 16.3 Å². The van der Waals surface area contributed by atoms with E-state index in [9.17, 15) is 13.2 Å². The topological polar surface area (TPSA) is 79.0 Å². The molecule has 1 aliphatic rings. The fourth-order valence-corrected chi connectivity index (χ4v) is 5.94. The Morgan fingerprint density at radius 2 is 1.72 bits per heavy atom. The summed E-state index contributed by atoms with van der Waals surface area (Å²) in [5.41, 5.74) is 2.29. The number of rotatable bonds is 9. The van der Waals surface area contributed by atoms with Gasteiger partial charge in [-0.05, 0) is 67.8 Å². The van der Waals surface area contributed by atoms with Gasteiger partial charge in [-0.15, -0.1) is 0 Å². The summed E-state index contributed by atoms with van der Waals surface area (Å²) in [5, 5.41) is 3.25. The van der Waals surface area contributed by atoms with Crippen LogP contribution in [0.3, 0.4) is 0 Å². The van der Waals surface area contributed by atoms with E-state index >= 15 is 0 Å². The van der Waals surface area contributed by atoms with E-state index in [-0.39, 0.29) is 22.4 Å². The monoisotopic (exact) mass is 527 g/mol. The molecule has 1 saturated heterocycles. The summed E-state index contributed by atoms with van der Waals surface area (Å²) < 4.78 is 33.6. The van der Waals surface area contributed by atoms with E-state index in [0.717, 1.165) is 23.0 Å². The molecule has 4 rings (SSSR count). The zero-order valence-electron chi connectivity index (χ0n) is 20.4. The highest BCUT2D eigenvalue weighted by Crippen LogP contribution is 2.35. The number of anilines is 2. The highest BCUT2D eigenvalue weighted by atomic mass is 35.5. The Morgan fingerprint density at radius 3 is 2.36 bits per heavy atom. The van der Waals surface area contributed by atoms with Crippen LogP contribution < -0.4 is 19.3 Å². The number of halogens is 1. The van der Waals surface area contributed by atoms with Crippen molar-refractivity contribution in [3.63, 3.8) is 0 Å². The van der Waals surface area contributed by atoms with Crippen LogP contribution >= 0.6 is 11.6 Å². The number of methoxy groups -OCH3 is 1. The van der Waals surface area contributed by atoms with Crippen LogP contribution in [0, 0.1) is 0 Å². The summed E-state index contributed by atoms with van der Waals surface area (Å²) in [4.78, 5) is 15.6. The van der Waals surface area contributed by atoms with Crippen molar-refractivity contribution in [2.24, 2.45) is 0 Å². The Bertz CT molecular complexity index is 1290. The summed E-state index contributed by atoms with van der Waals surface area (Å²) in [6.45, 7) is 3.55. The van der Waals surface area contributed by atoms with Gasteiger partial charge in [-0.2, -0.15) is 0 Å². The number of amides is 1. The fraction of sp³-hybridized carbons (Fsp3) is 0.296. The number of sulfonamides is 1. The Balaban J connectivity index is 1.57. The molecule has 1 unspecified atom stereocenters. The van der Waals surface area contributed by atoms with E-state index in [0.29, 0.717) is 5.02 Å². The minimum atomic E-state index is -4.09. The molecule has 190 valence electrons. The van der Waals surface area contributed by atoms with Gasteiger partial charge in [0.1, 0.15) is 12.3 Å². The predicted octanol–water partition coefficient (Wildman–Crippen LogP) is 5.02. The third-order valence-electron chi connectivity index (χ3n) is 6.27. The van der Waals surface area contributed by atoms with Gasteiger partial charge in [0, 0.05) is 23.8 Å². The molecular formula is C27H30ClN3O4S. The molecule has 7 nitrogen and oxygen atoms in total. The number of carbonyl (C=O) groups excluding carboxylic acids is 1. The van der Waals surface area contributed by atoms with Crippen molar-refractivity contribution in [3.8, 4) is 5.75 Å². The molecule has 3 aromatic rings. The maximum Gasteiger partial charge on any atom is 0.264 e. The van der Waals surface area contributed by atoms with Gasteiger partial charge in [0.2, 0.25) is 5.91 Å². The highest BCUT2D eigenvalue weighted by Gasteiger charge is 2.30. The van der Waals surface area contributed by atoms with Crippen LogP contribution in [0.25, 0.3) is 0 Å². The molecule has 0 aliphatic carbocycles. The number of hydrogen-bond donors (Lipinski definition) is 1. The van der Waals surface area contributed by atoms with Gasteiger partial charge in [0.25, 0.3) is 10.0 Å². The molecule has 0 spiro atoms. The lowest BCUT2D eigenvalue weighted by molar-refractivity contribution is -0.120. The molecule has 1 N–H and O–H groups in total. The van der Waals surface area contributed by atoms with Crippen molar-refractivity contribution >= 4 is 38.9 Å². The molecule has 1 amide bonds. The molecule has 0 saturated carbocycles. The average molecular weight is 528 g/mol. The standard InChI is InChI=1S/C27H30ClN3O4S/c1-20(21-10-13-23(14-11-21)30-16-6-7-17-30)29-27(32)19-31(25-18-22(28)12-15-26(25)35-2)36(33,34)24-8-4-3-5-9-24/h3-5,8-15,18,20H,6-7,16-17,19H2,1-2H3,(H,29,32). The lowest BCUT2D eigenvalue weighted by Crippen LogP contribution is -2.41. The van der Waals surface area contributed by atoms with E-state index < -0.39 is 22.5 Å². The van der Waals surface area contributed by atoms with Crippen molar-refractivity contribution in [1.82, 2.24) is 5.32 Å². The van der Waals surface area contributed by atoms with Crippen molar-refractivity contribution in [1.29, 1.82) is 0 Å². The van der Waals surface area contributed by atoms with Crippen LogP contribution in [0.2, 0.25) is 5.02 Å². The molecule has 0 aromatic heterocycles. The Morgan fingerprint density at radius 1 is 1.06 bits per heavy atom. The number of benzene rings is 3. The van der Waals surface area contributed by atoms with Crippen molar-refractivity contribution in [2.75, 3.05) is 35.9 Å². The lowest BCUT2D eigenvalue weighted by atomic mass is 10.1. The Labute approximate surface area is 217 Å². The van der Waals surface area contributed by atoms with Gasteiger partial charge in [0.05, 0.1) is 23.7 Å². The Kier molecular flexibility index (Phi) is 8.06. The molecule has 0 radical (unpaired) electrons. The van der Waals surface area contributed by atoms with Gasteiger partial charge in [-0.25, -0.2) is 8.42 Å². The van der Waals surface area contributed by atoms with Gasteiger partial charge in [-0.1, -0.05) is 41.9 Å². The molecule has 1 aliphatic heterocycles. The predicted molar refractivity (Wildman–Crippen MR) is 143 cm³/mol. The van der Waals surface area contributed by atoms with Gasteiger partial charge in [-0.3, -0.25) is 9.10 Å². The molecule has 3 aromatic carbocycles. The second-order valence-electron chi connectivity index (χ2n) is 8.72. The van der Waals surface area contributed by atoms with E-state index in [1.165, 1.54) is 43.8 Å². The number of nitrogens with one attached hydrogen (secondary N) is 1. The maximum absolute atomic E-state index is 13.6. The van der Waals surface area contributed by atoms with Gasteiger partial charge in [0.15, 0.2) is 0 Å². The van der Waals surface area contributed by atoms with E-state index in [1.54, 1.807) is 30.3 Å². The van der Waals surface area contributed by atoms with E-state index in [1.807, 2.05) is 19.1 Å². The van der Waals surface area contributed by atoms with Crippen LogP contribution in [0.1, 0.15) is 31.4 Å². The molecule has 1 fully saturated rings. The fourth-order valence-electron chi connectivity index (χ4n) is 4.33. The largest absolute Gasteiger partial charge is 0.495 e. The molecule has 1 heterocycles. The SMILES string of the molecule is COc1ccc(Cl)cc1N(CC(=O)NC(C)c1ccc(N2CCCC2)cc1)S(=O)(=O)c1ccccc1. The lowest BCUT2D eigenvalue weighted by Gasteiger charge is -2.26. The number of carbonyl (C=O) groups is 1. The molecule has 36 heavy (non-hydrogen) atoms. The van der Waals surface area contributed by atoms with Gasteiger partial charge >= 0.3 is 0 Å².